The zero-order chi connectivity index (χ0) is 18.7. The third kappa shape index (κ3) is 4.23. The van der Waals surface area contributed by atoms with Gasteiger partial charge in [-0.15, -0.1) is 0 Å². The summed E-state index contributed by atoms with van der Waals surface area (Å²) in [5.41, 5.74) is 1.64. The molecule has 1 saturated heterocycles. The molecule has 26 heavy (non-hydrogen) atoms. The number of hydrogen-bond donors (Lipinski definition) is 1. The van der Waals surface area contributed by atoms with Gasteiger partial charge < -0.3 is 15.0 Å². The van der Waals surface area contributed by atoms with Crippen molar-refractivity contribution in [3.63, 3.8) is 0 Å². The van der Waals surface area contributed by atoms with Gasteiger partial charge in [0.2, 0.25) is 0 Å². The van der Waals surface area contributed by atoms with Crippen LogP contribution < -0.4 is 10.2 Å². The van der Waals surface area contributed by atoms with Crippen LogP contribution in [-0.2, 0) is 4.74 Å². The number of nitrogens with one attached hydrogen (secondary N) is 1. The van der Waals surface area contributed by atoms with Gasteiger partial charge in [-0.1, -0.05) is 12.1 Å². The van der Waals surface area contributed by atoms with Crippen LogP contribution >= 0.6 is 0 Å². The number of carbonyl (C=O) groups excluding carboxylic acids is 1. The maximum absolute atomic E-state index is 12.0. The zero-order valence-electron chi connectivity index (χ0n) is 16.1. The van der Waals surface area contributed by atoms with E-state index >= 15 is 0 Å². The number of carbonyl (C=O) groups is 1. The predicted molar refractivity (Wildman–Crippen MR) is 103 cm³/mol. The van der Waals surface area contributed by atoms with E-state index in [0.29, 0.717) is 6.54 Å². The van der Waals surface area contributed by atoms with Gasteiger partial charge in [-0.3, -0.25) is 0 Å². The fourth-order valence-electron chi connectivity index (χ4n) is 3.46. The van der Waals surface area contributed by atoms with Crippen LogP contribution in [0.3, 0.4) is 0 Å². The lowest BCUT2D eigenvalue weighted by Gasteiger charge is -2.37. The summed E-state index contributed by atoms with van der Waals surface area (Å²) in [5, 5.41) is 3.99. The molecule has 1 aromatic carbocycles. The fraction of sp³-hybridized carbons (Fsp3) is 0.550. The van der Waals surface area contributed by atoms with Crippen molar-refractivity contribution in [1.82, 2.24) is 15.3 Å². The molecule has 6 nitrogen and oxygen atoms in total. The van der Waals surface area contributed by atoms with E-state index in [0.717, 1.165) is 48.1 Å². The molecule has 0 bridgehead atoms. The van der Waals surface area contributed by atoms with Crippen molar-refractivity contribution in [3.05, 3.63) is 30.1 Å². The van der Waals surface area contributed by atoms with Crippen LogP contribution in [0, 0.1) is 6.92 Å². The number of para-hydroxylation sites is 1. The molecule has 0 aliphatic carbocycles. The van der Waals surface area contributed by atoms with E-state index in [1.807, 2.05) is 26.8 Å². The quantitative estimate of drug-likeness (QED) is 0.905. The Kier molecular flexibility index (Phi) is 5.30. The summed E-state index contributed by atoms with van der Waals surface area (Å²) in [7, 11) is 0. The molecule has 6 heteroatoms. The molecular weight excluding hydrogens is 328 g/mol. The second kappa shape index (κ2) is 7.48. The number of aromatic nitrogens is 2. The third-order valence-corrected chi connectivity index (χ3v) is 4.63. The minimum absolute atomic E-state index is 0.204. The number of anilines is 1. The highest BCUT2D eigenvalue weighted by Crippen LogP contribution is 2.29. The number of hydrogen-bond acceptors (Lipinski definition) is 5. The molecule has 140 valence electrons. The first-order chi connectivity index (χ1) is 12.3. The third-order valence-electron chi connectivity index (χ3n) is 4.63. The van der Waals surface area contributed by atoms with E-state index in [9.17, 15) is 4.79 Å². The number of aryl methyl sites for hydroxylation is 1. The number of amides is 1. The van der Waals surface area contributed by atoms with Crippen LogP contribution in [0.4, 0.5) is 10.6 Å². The predicted octanol–water partition coefficient (Wildman–Crippen LogP) is 3.82. The Morgan fingerprint density at radius 2 is 2.12 bits per heavy atom. The first kappa shape index (κ1) is 18.4. The minimum Gasteiger partial charge on any atom is -0.444 e. The number of fused-ring (bicyclic) bond motifs is 1. The summed E-state index contributed by atoms with van der Waals surface area (Å²) < 4.78 is 5.36. The molecule has 0 saturated carbocycles. The van der Waals surface area contributed by atoms with Crippen molar-refractivity contribution in [1.29, 1.82) is 0 Å². The lowest BCUT2D eigenvalue weighted by atomic mass is 10.0. The van der Waals surface area contributed by atoms with Crippen molar-refractivity contribution in [2.45, 2.75) is 58.6 Å². The number of nitrogens with zero attached hydrogens (tertiary/aromatic N) is 3. The monoisotopic (exact) mass is 356 g/mol. The van der Waals surface area contributed by atoms with Gasteiger partial charge in [-0.2, -0.15) is 0 Å². The van der Waals surface area contributed by atoms with Crippen LogP contribution in [0.1, 0.15) is 45.6 Å². The number of ether oxygens (including phenoxy) is 1. The summed E-state index contributed by atoms with van der Waals surface area (Å²) in [5.74, 6) is 0.953. The van der Waals surface area contributed by atoms with Crippen molar-refractivity contribution >= 4 is 22.8 Å². The highest BCUT2D eigenvalue weighted by atomic mass is 16.6. The smallest absolute Gasteiger partial charge is 0.407 e. The van der Waals surface area contributed by atoms with Crippen LogP contribution in [0.25, 0.3) is 10.9 Å². The molecule has 2 heterocycles. The van der Waals surface area contributed by atoms with Crippen LogP contribution in [0.5, 0.6) is 0 Å². The average molecular weight is 356 g/mol. The Morgan fingerprint density at radius 3 is 2.88 bits per heavy atom. The topological polar surface area (TPSA) is 67.4 Å². The molecular formula is C20H28N4O2. The summed E-state index contributed by atoms with van der Waals surface area (Å²) >= 11 is 0. The Balaban J connectivity index is 1.80. The molecule has 1 N–H and O–H groups in total. The van der Waals surface area contributed by atoms with Crippen LogP contribution in [-0.4, -0.2) is 40.8 Å². The van der Waals surface area contributed by atoms with Crippen molar-refractivity contribution in [3.8, 4) is 0 Å². The normalized spacial score (nSPS) is 18.0. The molecule has 1 atom stereocenters. The fourth-order valence-corrected chi connectivity index (χ4v) is 3.46. The number of piperidine rings is 1. The van der Waals surface area contributed by atoms with E-state index in [1.165, 1.54) is 0 Å². The Hall–Kier alpha value is -2.37. The molecule has 0 radical (unpaired) electrons. The van der Waals surface area contributed by atoms with E-state index in [1.54, 1.807) is 6.33 Å². The van der Waals surface area contributed by atoms with E-state index in [2.05, 4.69) is 39.2 Å². The largest absolute Gasteiger partial charge is 0.444 e. The second-order valence-corrected chi connectivity index (χ2v) is 7.89. The highest BCUT2D eigenvalue weighted by Gasteiger charge is 2.26. The van der Waals surface area contributed by atoms with Gasteiger partial charge in [0, 0.05) is 24.5 Å². The van der Waals surface area contributed by atoms with Crippen molar-refractivity contribution in [2.24, 2.45) is 0 Å². The molecule has 2 aromatic rings. The molecule has 1 aliphatic rings. The Labute approximate surface area is 155 Å². The SMILES string of the molecule is Cc1cccc2c(N3CCCCC3CNC(=O)OC(C)(C)C)ncnc12. The van der Waals surface area contributed by atoms with Gasteiger partial charge in [0.05, 0.1) is 5.52 Å². The van der Waals surface area contributed by atoms with Gasteiger partial charge >= 0.3 is 6.09 Å². The molecule has 1 fully saturated rings. The standard InChI is InChI=1S/C20H28N4O2/c1-14-8-7-10-16-17(14)22-13-23-18(16)24-11-6-5-9-15(24)12-21-19(25)26-20(2,3)4/h7-8,10,13,15H,5-6,9,11-12H2,1-4H3,(H,21,25). The van der Waals surface area contributed by atoms with Crippen molar-refractivity contribution in [2.75, 3.05) is 18.0 Å². The van der Waals surface area contributed by atoms with Crippen LogP contribution in [0.2, 0.25) is 0 Å². The van der Waals surface area contributed by atoms with Gasteiger partial charge in [0.1, 0.15) is 17.7 Å². The molecule has 3 rings (SSSR count). The lowest BCUT2D eigenvalue weighted by molar-refractivity contribution is 0.0523. The Morgan fingerprint density at radius 1 is 1.31 bits per heavy atom. The molecule has 0 spiro atoms. The maximum Gasteiger partial charge on any atom is 0.407 e. The van der Waals surface area contributed by atoms with E-state index in [-0.39, 0.29) is 12.1 Å². The number of benzene rings is 1. The highest BCUT2D eigenvalue weighted by molar-refractivity contribution is 5.91. The number of rotatable bonds is 3. The van der Waals surface area contributed by atoms with Gasteiger partial charge in [-0.25, -0.2) is 14.8 Å². The van der Waals surface area contributed by atoms with Gasteiger partial charge in [-0.05, 0) is 58.6 Å². The Bertz CT molecular complexity index is 785. The summed E-state index contributed by atoms with van der Waals surface area (Å²) in [6.07, 6.45) is 4.57. The van der Waals surface area contributed by atoms with E-state index < -0.39 is 5.60 Å². The maximum atomic E-state index is 12.0. The first-order valence-electron chi connectivity index (χ1n) is 9.29. The van der Waals surface area contributed by atoms with Crippen LogP contribution in [0.15, 0.2) is 24.5 Å². The summed E-state index contributed by atoms with van der Waals surface area (Å²) in [6, 6.07) is 6.39. The molecule has 1 unspecified atom stereocenters. The molecule has 1 amide bonds. The van der Waals surface area contributed by atoms with E-state index in [4.69, 9.17) is 4.74 Å². The summed E-state index contributed by atoms with van der Waals surface area (Å²) in [4.78, 5) is 23.4. The second-order valence-electron chi connectivity index (χ2n) is 7.89. The zero-order valence-corrected chi connectivity index (χ0v) is 16.1. The average Bonchev–Trinajstić information content (AvgIpc) is 2.59. The molecule has 1 aromatic heterocycles. The van der Waals surface area contributed by atoms with Crippen molar-refractivity contribution < 1.29 is 9.53 Å². The minimum atomic E-state index is -0.489. The lowest BCUT2D eigenvalue weighted by Crippen LogP contribution is -2.48. The van der Waals surface area contributed by atoms with Gasteiger partial charge in [0.15, 0.2) is 0 Å². The first-order valence-corrected chi connectivity index (χ1v) is 9.29. The number of alkyl carbamates (subject to hydrolysis) is 1. The van der Waals surface area contributed by atoms with Gasteiger partial charge in [0.25, 0.3) is 0 Å². The molecule has 1 aliphatic heterocycles. The summed E-state index contributed by atoms with van der Waals surface area (Å²) in [6.45, 7) is 9.16.